The minimum absolute atomic E-state index is 0.0244. The predicted molar refractivity (Wildman–Crippen MR) is 113 cm³/mol. The van der Waals surface area contributed by atoms with E-state index in [9.17, 15) is 9.59 Å². The number of fused-ring (bicyclic) bond motifs is 1. The van der Waals surface area contributed by atoms with Crippen LogP contribution in [-0.4, -0.2) is 28.1 Å². The van der Waals surface area contributed by atoms with Gasteiger partial charge in [-0.1, -0.05) is 12.1 Å². The molecule has 0 radical (unpaired) electrons. The van der Waals surface area contributed by atoms with Gasteiger partial charge in [-0.2, -0.15) is 5.10 Å². The zero-order valence-electron chi connectivity index (χ0n) is 17.6. The molecule has 2 heterocycles. The van der Waals surface area contributed by atoms with Crippen LogP contribution in [0, 0.1) is 0 Å². The van der Waals surface area contributed by atoms with Crippen LogP contribution in [0.1, 0.15) is 69.3 Å². The quantitative estimate of drug-likeness (QED) is 0.863. The number of aromatic nitrogens is 2. The molecule has 1 aliphatic heterocycles. The Bertz CT molecular complexity index is 908. The highest BCUT2D eigenvalue weighted by atomic mass is 16.2. The number of nitrogens with zero attached hydrogens (tertiary/aromatic N) is 3. The van der Waals surface area contributed by atoms with Gasteiger partial charge in [-0.25, -0.2) is 0 Å². The molecule has 1 aliphatic carbocycles. The third-order valence-corrected chi connectivity index (χ3v) is 5.84. The van der Waals surface area contributed by atoms with Gasteiger partial charge in [0.25, 0.3) is 0 Å². The number of amides is 2. The Balaban J connectivity index is 1.41. The fourth-order valence-electron chi connectivity index (χ4n) is 4.43. The van der Waals surface area contributed by atoms with Crippen LogP contribution in [0.2, 0.25) is 0 Å². The molecule has 1 saturated heterocycles. The van der Waals surface area contributed by atoms with E-state index < -0.39 is 0 Å². The minimum Gasteiger partial charge on any atom is -0.349 e. The highest BCUT2D eigenvalue weighted by molar-refractivity contribution is 5.95. The lowest BCUT2D eigenvalue weighted by molar-refractivity contribution is -0.121. The number of anilines is 1. The van der Waals surface area contributed by atoms with E-state index >= 15 is 0 Å². The second-order valence-electron chi connectivity index (χ2n) is 9.13. The first-order valence-corrected chi connectivity index (χ1v) is 10.6. The van der Waals surface area contributed by atoms with Gasteiger partial charge < -0.3 is 10.2 Å². The first-order chi connectivity index (χ1) is 13.8. The molecule has 154 valence electrons. The molecule has 4 rings (SSSR count). The lowest BCUT2D eigenvalue weighted by Gasteiger charge is -2.28. The van der Waals surface area contributed by atoms with Gasteiger partial charge in [-0.15, -0.1) is 0 Å². The van der Waals surface area contributed by atoms with Gasteiger partial charge in [-0.3, -0.25) is 14.3 Å². The van der Waals surface area contributed by atoms with Crippen molar-refractivity contribution < 1.29 is 9.59 Å². The summed E-state index contributed by atoms with van der Waals surface area (Å²) in [6.45, 7) is 7.25. The molecular weight excluding hydrogens is 364 g/mol. The molecule has 0 bridgehead atoms. The molecule has 1 aromatic carbocycles. The predicted octanol–water partition coefficient (Wildman–Crippen LogP) is 3.50. The average Bonchev–Trinajstić information content (AvgIpc) is 3.29. The third-order valence-electron chi connectivity index (χ3n) is 5.84. The van der Waals surface area contributed by atoms with E-state index in [1.807, 2.05) is 35.4 Å². The largest absolute Gasteiger partial charge is 0.349 e. The van der Waals surface area contributed by atoms with Crippen LogP contribution in [0.15, 0.2) is 30.5 Å². The number of hydrogen-bond donors (Lipinski definition) is 1. The number of rotatable bonds is 4. The standard InChI is InChI=1S/C23H30N4O2/c1-23(2,3)27-20-7-4-6-19(18(20)15-24-27)25-21(28)14-16-9-11-17(12-10-16)26-13-5-8-22(26)29/h9-12,15,19H,4-8,13-14H2,1-3H3,(H,25,28). The minimum atomic E-state index is -0.0576. The molecule has 2 aromatic rings. The molecule has 1 fully saturated rings. The summed E-state index contributed by atoms with van der Waals surface area (Å²) in [6, 6.07) is 7.81. The van der Waals surface area contributed by atoms with E-state index in [1.165, 1.54) is 5.69 Å². The Hall–Kier alpha value is -2.63. The van der Waals surface area contributed by atoms with Crippen LogP contribution in [0.5, 0.6) is 0 Å². The van der Waals surface area contributed by atoms with Gasteiger partial charge >= 0.3 is 0 Å². The summed E-state index contributed by atoms with van der Waals surface area (Å²) in [4.78, 5) is 26.4. The van der Waals surface area contributed by atoms with Gasteiger partial charge in [0.15, 0.2) is 0 Å². The molecule has 1 unspecified atom stereocenters. The van der Waals surface area contributed by atoms with E-state index in [-0.39, 0.29) is 23.4 Å². The maximum Gasteiger partial charge on any atom is 0.227 e. The Kier molecular flexibility index (Phi) is 5.19. The van der Waals surface area contributed by atoms with Crippen LogP contribution in [-0.2, 0) is 28.0 Å². The fraction of sp³-hybridized carbons (Fsp3) is 0.522. The number of carbonyl (C=O) groups excluding carboxylic acids is 2. The van der Waals surface area contributed by atoms with Gasteiger partial charge in [0.2, 0.25) is 11.8 Å². The lowest BCUT2D eigenvalue weighted by atomic mass is 9.92. The number of hydrogen-bond acceptors (Lipinski definition) is 3. The molecule has 2 amide bonds. The monoisotopic (exact) mass is 394 g/mol. The Morgan fingerprint density at radius 1 is 1.17 bits per heavy atom. The summed E-state index contributed by atoms with van der Waals surface area (Å²) in [7, 11) is 0. The highest BCUT2D eigenvalue weighted by Gasteiger charge is 2.29. The molecule has 2 aliphatic rings. The van der Waals surface area contributed by atoms with Crippen molar-refractivity contribution in [3.8, 4) is 0 Å². The number of carbonyl (C=O) groups is 2. The zero-order chi connectivity index (χ0) is 20.6. The Morgan fingerprint density at radius 3 is 2.59 bits per heavy atom. The topological polar surface area (TPSA) is 67.2 Å². The Morgan fingerprint density at radius 2 is 1.93 bits per heavy atom. The Labute approximate surface area is 172 Å². The molecular formula is C23H30N4O2. The summed E-state index contributed by atoms with van der Waals surface area (Å²) in [5, 5.41) is 7.81. The van der Waals surface area contributed by atoms with Crippen LogP contribution in [0.3, 0.4) is 0 Å². The smallest absolute Gasteiger partial charge is 0.227 e. The maximum atomic E-state index is 12.7. The van der Waals surface area contributed by atoms with Crippen LogP contribution in [0.4, 0.5) is 5.69 Å². The molecule has 1 atom stereocenters. The molecule has 0 spiro atoms. The summed E-state index contributed by atoms with van der Waals surface area (Å²) < 4.78 is 2.10. The number of nitrogens with one attached hydrogen (secondary N) is 1. The van der Waals surface area contributed by atoms with Gasteiger partial charge in [-0.05, 0) is 64.2 Å². The van der Waals surface area contributed by atoms with Crippen LogP contribution < -0.4 is 10.2 Å². The average molecular weight is 395 g/mol. The van der Waals surface area contributed by atoms with Gasteiger partial charge in [0, 0.05) is 29.9 Å². The van der Waals surface area contributed by atoms with Crippen molar-refractivity contribution in [3.63, 3.8) is 0 Å². The molecule has 1 aromatic heterocycles. The van der Waals surface area contributed by atoms with Gasteiger partial charge in [0.05, 0.1) is 24.2 Å². The summed E-state index contributed by atoms with van der Waals surface area (Å²) >= 11 is 0. The van der Waals surface area contributed by atoms with Crippen LogP contribution >= 0.6 is 0 Å². The highest BCUT2D eigenvalue weighted by Crippen LogP contribution is 2.32. The second kappa shape index (κ2) is 7.65. The van der Waals surface area contributed by atoms with Crippen molar-refractivity contribution in [3.05, 3.63) is 47.3 Å². The first kappa shape index (κ1) is 19.7. The van der Waals surface area contributed by atoms with E-state index in [0.717, 1.165) is 49.0 Å². The SMILES string of the molecule is CC(C)(C)n1ncc2c1CCCC2NC(=O)Cc1ccc(N2CCCC2=O)cc1. The van der Waals surface area contributed by atoms with Crippen LogP contribution in [0.25, 0.3) is 0 Å². The molecule has 1 N–H and O–H groups in total. The molecule has 6 nitrogen and oxygen atoms in total. The zero-order valence-corrected chi connectivity index (χ0v) is 17.6. The number of benzene rings is 1. The fourth-order valence-corrected chi connectivity index (χ4v) is 4.43. The van der Waals surface area contributed by atoms with E-state index in [0.29, 0.717) is 12.8 Å². The van der Waals surface area contributed by atoms with E-state index in [1.54, 1.807) is 0 Å². The summed E-state index contributed by atoms with van der Waals surface area (Å²) in [6.07, 6.45) is 6.82. The lowest BCUT2D eigenvalue weighted by Crippen LogP contribution is -2.33. The normalized spacial score (nSPS) is 19.3. The van der Waals surface area contributed by atoms with Crippen molar-refractivity contribution in [2.24, 2.45) is 0 Å². The molecule has 6 heteroatoms. The van der Waals surface area contributed by atoms with Crippen molar-refractivity contribution in [1.82, 2.24) is 15.1 Å². The van der Waals surface area contributed by atoms with Crippen molar-refractivity contribution in [2.45, 2.75) is 70.9 Å². The first-order valence-electron chi connectivity index (χ1n) is 10.6. The third kappa shape index (κ3) is 4.07. The van der Waals surface area contributed by atoms with Crippen molar-refractivity contribution >= 4 is 17.5 Å². The summed E-state index contributed by atoms with van der Waals surface area (Å²) in [5.41, 5.74) is 4.22. The van der Waals surface area contributed by atoms with Crippen molar-refractivity contribution in [1.29, 1.82) is 0 Å². The van der Waals surface area contributed by atoms with Gasteiger partial charge in [0.1, 0.15) is 0 Å². The van der Waals surface area contributed by atoms with E-state index in [2.05, 4.69) is 35.9 Å². The summed E-state index contributed by atoms with van der Waals surface area (Å²) in [5.74, 6) is 0.204. The van der Waals surface area contributed by atoms with E-state index in [4.69, 9.17) is 0 Å². The van der Waals surface area contributed by atoms with Crippen molar-refractivity contribution in [2.75, 3.05) is 11.4 Å². The molecule has 0 saturated carbocycles. The second-order valence-corrected chi connectivity index (χ2v) is 9.13. The molecule has 29 heavy (non-hydrogen) atoms. The maximum absolute atomic E-state index is 12.7.